The minimum Gasteiger partial charge on any atom is -0.478 e. The molecule has 1 aliphatic rings. The smallest absolute Gasteiger partial charge is 0.336 e. The molecule has 3 heteroatoms. The van der Waals surface area contributed by atoms with Crippen molar-refractivity contribution in [2.75, 3.05) is 0 Å². The van der Waals surface area contributed by atoms with Gasteiger partial charge in [0.05, 0.1) is 5.56 Å². The van der Waals surface area contributed by atoms with Crippen molar-refractivity contribution < 1.29 is 9.90 Å². The zero-order valence-corrected chi connectivity index (χ0v) is 12.2. The van der Waals surface area contributed by atoms with E-state index in [-0.39, 0.29) is 0 Å². The van der Waals surface area contributed by atoms with Gasteiger partial charge >= 0.3 is 5.97 Å². The number of fused-ring (bicyclic) bond motifs is 2. The fourth-order valence-electron chi connectivity index (χ4n) is 2.75. The van der Waals surface area contributed by atoms with Crippen LogP contribution >= 0.6 is 11.8 Å². The van der Waals surface area contributed by atoms with E-state index in [1.807, 2.05) is 18.2 Å². The average Bonchev–Trinajstić information content (AvgIpc) is 2.45. The number of hydrogen-bond donors (Lipinski definition) is 1. The molecule has 102 valence electrons. The molecule has 1 N–H and O–H groups in total. The molecule has 0 spiro atoms. The van der Waals surface area contributed by atoms with E-state index in [0.717, 1.165) is 35.3 Å². The van der Waals surface area contributed by atoms with Gasteiger partial charge in [0.2, 0.25) is 0 Å². The summed E-state index contributed by atoms with van der Waals surface area (Å²) in [4.78, 5) is 14.0. The van der Waals surface area contributed by atoms with Crippen LogP contribution in [0.15, 0.2) is 46.2 Å². The van der Waals surface area contributed by atoms with Gasteiger partial charge < -0.3 is 5.11 Å². The van der Waals surface area contributed by atoms with Crippen molar-refractivity contribution in [2.45, 2.75) is 36.0 Å². The van der Waals surface area contributed by atoms with Crippen LogP contribution in [0.5, 0.6) is 0 Å². The van der Waals surface area contributed by atoms with Crippen molar-refractivity contribution in [3.8, 4) is 0 Å². The zero-order chi connectivity index (χ0) is 14.1. The van der Waals surface area contributed by atoms with E-state index in [9.17, 15) is 9.90 Å². The molecule has 0 atom stereocenters. The van der Waals surface area contributed by atoms with Crippen molar-refractivity contribution in [2.24, 2.45) is 0 Å². The van der Waals surface area contributed by atoms with Gasteiger partial charge in [0.1, 0.15) is 0 Å². The first-order valence-corrected chi connectivity index (χ1v) is 7.66. The molecule has 3 rings (SSSR count). The number of benzene rings is 2. The number of aryl methyl sites for hydroxylation is 1. The highest BCUT2D eigenvalue weighted by Gasteiger charge is 2.23. The standard InChI is InChI=1S/C17H16O2S/c1-2-5-11-8-9-15-13(16(11)17(18)19)10-12-6-3-4-7-14(12)20-15/h3-4,6-9H,2,5,10H2,1H3,(H,18,19). The maximum Gasteiger partial charge on any atom is 0.336 e. The Balaban J connectivity index is 2.13. The maximum absolute atomic E-state index is 11.7. The molecule has 1 heterocycles. The van der Waals surface area contributed by atoms with Crippen molar-refractivity contribution in [1.29, 1.82) is 0 Å². The monoisotopic (exact) mass is 284 g/mol. The Morgan fingerprint density at radius 1 is 1.20 bits per heavy atom. The first-order valence-electron chi connectivity index (χ1n) is 6.84. The van der Waals surface area contributed by atoms with Gasteiger partial charge in [-0.2, -0.15) is 0 Å². The van der Waals surface area contributed by atoms with Gasteiger partial charge in [0, 0.05) is 16.2 Å². The zero-order valence-electron chi connectivity index (χ0n) is 11.3. The fourth-order valence-corrected chi connectivity index (χ4v) is 3.84. The van der Waals surface area contributed by atoms with Gasteiger partial charge in [-0.3, -0.25) is 0 Å². The molecule has 0 bridgehead atoms. The Kier molecular flexibility index (Phi) is 3.53. The van der Waals surface area contributed by atoms with Gasteiger partial charge in [-0.15, -0.1) is 0 Å². The lowest BCUT2D eigenvalue weighted by atomic mass is 9.93. The Labute approximate surface area is 122 Å². The number of rotatable bonds is 3. The summed E-state index contributed by atoms with van der Waals surface area (Å²) in [6.07, 6.45) is 2.50. The molecule has 1 aliphatic heterocycles. The number of aromatic carboxylic acids is 1. The van der Waals surface area contributed by atoms with Crippen LogP contribution in [0.4, 0.5) is 0 Å². The average molecular weight is 284 g/mol. The highest BCUT2D eigenvalue weighted by Crippen LogP contribution is 2.41. The quantitative estimate of drug-likeness (QED) is 0.775. The van der Waals surface area contributed by atoms with Gasteiger partial charge in [-0.05, 0) is 35.2 Å². The van der Waals surface area contributed by atoms with Crippen LogP contribution in [0.25, 0.3) is 0 Å². The molecule has 0 aromatic heterocycles. The van der Waals surface area contributed by atoms with Crippen molar-refractivity contribution >= 4 is 17.7 Å². The van der Waals surface area contributed by atoms with Crippen LogP contribution in [0.2, 0.25) is 0 Å². The molecule has 2 aromatic rings. The molecule has 2 aromatic carbocycles. The van der Waals surface area contributed by atoms with E-state index in [1.54, 1.807) is 11.8 Å². The van der Waals surface area contributed by atoms with Crippen molar-refractivity contribution in [3.63, 3.8) is 0 Å². The molecule has 2 nitrogen and oxygen atoms in total. The third-order valence-corrected chi connectivity index (χ3v) is 4.87. The van der Waals surface area contributed by atoms with E-state index in [0.29, 0.717) is 5.56 Å². The second-order valence-corrected chi connectivity index (χ2v) is 6.10. The highest BCUT2D eigenvalue weighted by molar-refractivity contribution is 7.99. The maximum atomic E-state index is 11.7. The van der Waals surface area contributed by atoms with E-state index in [2.05, 4.69) is 25.1 Å². The van der Waals surface area contributed by atoms with Crippen molar-refractivity contribution in [3.05, 3.63) is 58.7 Å². The van der Waals surface area contributed by atoms with Crippen LogP contribution in [0.1, 0.15) is 40.4 Å². The predicted molar refractivity (Wildman–Crippen MR) is 80.8 cm³/mol. The van der Waals surface area contributed by atoms with Gasteiger partial charge in [0.15, 0.2) is 0 Å². The van der Waals surface area contributed by atoms with Gasteiger partial charge in [0.25, 0.3) is 0 Å². The summed E-state index contributed by atoms with van der Waals surface area (Å²) in [5, 5.41) is 9.59. The van der Waals surface area contributed by atoms with Gasteiger partial charge in [-0.1, -0.05) is 49.4 Å². The third-order valence-electron chi connectivity index (χ3n) is 3.65. The second kappa shape index (κ2) is 5.33. The predicted octanol–water partition coefficient (Wildman–Crippen LogP) is 4.39. The summed E-state index contributed by atoms with van der Waals surface area (Å²) in [5.74, 6) is -0.801. The minimum atomic E-state index is -0.801. The van der Waals surface area contributed by atoms with E-state index < -0.39 is 5.97 Å². The minimum absolute atomic E-state index is 0.520. The third kappa shape index (κ3) is 2.22. The Morgan fingerprint density at radius 2 is 2.00 bits per heavy atom. The molecule has 0 saturated carbocycles. The largest absolute Gasteiger partial charge is 0.478 e. The van der Waals surface area contributed by atoms with Crippen LogP contribution in [-0.4, -0.2) is 11.1 Å². The lowest BCUT2D eigenvalue weighted by molar-refractivity contribution is 0.0694. The topological polar surface area (TPSA) is 37.3 Å². The lowest BCUT2D eigenvalue weighted by Gasteiger charge is -2.22. The first kappa shape index (κ1) is 13.3. The molecule has 0 unspecified atom stereocenters. The Morgan fingerprint density at radius 3 is 2.75 bits per heavy atom. The number of carboxylic acid groups (broad SMARTS) is 1. The lowest BCUT2D eigenvalue weighted by Crippen LogP contribution is -2.11. The summed E-state index contributed by atoms with van der Waals surface area (Å²) in [6.45, 7) is 2.08. The molecule has 0 amide bonds. The Hall–Kier alpha value is -1.74. The molecular weight excluding hydrogens is 268 g/mol. The van der Waals surface area contributed by atoms with Crippen LogP contribution in [0.3, 0.4) is 0 Å². The number of carbonyl (C=O) groups is 1. The number of hydrogen-bond acceptors (Lipinski definition) is 2. The summed E-state index contributed by atoms with van der Waals surface area (Å²) >= 11 is 1.68. The second-order valence-electron chi connectivity index (χ2n) is 5.02. The normalized spacial score (nSPS) is 12.7. The van der Waals surface area contributed by atoms with Crippen LogP contribution in [-0.2, 0) is 12.8 Å². The molecule has 20 heavy (non-hydrogen) atoms. The highest BCUT2D eigenvalue weighted by atomic mass is 32.2. The van der Waals surface area contributed by atoms with Crippen LogP contribution < -0.4 is 0 Å². The molecule has 0 radical (unpaired) electrons. The van der Waals surface area contributed by atoms with Gasteiger partial charge in [-0.25, -0.2) is 4.79 Å². The molecule has 0 fully saturated rings. The first-order chi connectivity index (χ1) is 9.70. The molecule has 0 aliphatic carbocycles. The Bertz CT molecular complexity index is 677. The van der Waals surface area contributed by atoms with E-state index >= 15 is 0 Å². The molecular formula is C17H16O2S. The fraction of sp³-hybridized carbons (Fsp3) is 0.235. The van der Waals surface area contributed by atoms with E-state index in [1.165, 1.54) is 10.5 Å². The number of carboxylic acids is 1. The summed E-state index contributed by atoms with van der Waals surface area (Å²) in [6, 6.07) is 12.3. The summed E-state index contributed by atoms with van der Waals surface area (Å²) < 4.78 is 0. The van der Waals surface area contributed by atoms with E-state index in [4.69, 9.17) is 0 Å². The summed E-state index contributed by atoms with van der Waals surface area (Å²) in [7, 11) is 0. The van der Waals surface area contributed by atoms with Crippen molar-refractivity contribution in [1.82, 2.24) is 0 Å². The van der Waals surface area contributed by atoms with Crippen LogP contribution in [0, 0.1) is 0 Å². The summed E-state index contributed by atoms with van der Waals surface area (Å²) in [5.41, 5.74) is 3.68. The SMILES string of the molecule is CCCc1ccc2c(c1C(=O)O)Cc1ccccc1S2. The molecule has 0 saturated heterocycles.